The second-order valence-electron chi connectivity index (χ2n) is 5.06. The minimum atomic E-state index is -0.424. The molecule has 6 nitrogen and oxygen atoms in total. The molecule has 25 heavy (non-hydrogen) atoms. The molecule has 1 amide bonds. The summed E-state index contributed by atoms with van der Waals surface area (Å²) >= 11 is 6.00. The van der Waals surface area contributed by atoms with Crippen molar-refractivity contribution in [2.24, 2.45) is 0 Å². The zero-order valence-electron chi connectivity index (χ0n) is 13.6. The number of halogens is 1. The number of anilines is 1. The van der Waals surface area contributed by atoms with Gasteiger partial charge >= 0.3 is 0 Å². The molecular weight excluding hydrogens is 344 g/mol. The summed E-state index contributed by atoms with van der Waals surface area (Å²) in [5.41, 5.74) is 1.31. The first-order valence-electron chi connectivity index (χ1n) is 7.35. The van der Waals surface area contributed by atoms with Gasteiger partial charge in [0.05, 0.1) is 19.9 Å². The Morgan fingerprint density at radius 2 is 2.00 bits per heavy atom. The molecule has 0 spiro atoms. The van der Waals surface area contributed by atoms with E-state index < -0.39 is 5.91 Å². The fourth-order valence-corrected chi connectivity index (χ4v) is 2.52. The van der Waals surface area contributed by atoms with Gasteiger partial charge < -0.3 is 19.2 Å². The molecule has 1 aromatic heterocycles. The smallest absolute Gasteiger partial charge is 0.278 e. The molecule has 0 radical (unpaired) electrons. The third kappa shape index (κ3) is 3.59. The number of carbonyl (C=O) groups is 1. The van der Waals surface area contributed by atoms with Gasteiger partial charge in [-0.25, -0.2) is 4.98 Å². The van der Waals surface area contributed by atoms with E-state index in [1.54, 1.807) is 49.6 Å². The van der Waals surface area contributed by atoms with Crippen molar-refractivity contribution >= 4 is 23.2 Å². The lowest BCUT2D eigenvalue weighted by atomic mass is 10.1. The van der Waals surface area contributed by atoms with E-state index in [2.05, 4.69) is 10.3 Å². The number of nitrogens with zero attached hydrogens (tertiary/aromatic N) is 1. The van der Waals surface area contributed by atoms with Crippen molar-refractivity contribution in [3.8, 4) is 22.8 Å². The monoisotopic (exact) mass is 358 g/mol. The molecule has 128 valence electrons. The Kier molecular flexibility index (Phi) is 4.90. The number of ether oxygens (including phenoxy) is 2. The van der Waals surface area contributed by atoms with Crippen molar-refractivity contribution in [1.29, 1.82) is 0 Å². The molecule has 0 unspecified atom stereocenters. The topological polar surface area (TPSA) is 73.6 Å². The van der Waals surface area contributed by atoms with Gasteiger partial charge in [-0.05, 0) is 24.3 Å². The lowest BCUT2D eigenvalue weighted by Crippen LogP contribution is -2.14. The van der Waals surface area contributed by atoms with Crippen LogP contribution in [0.25, 0.3) is 11.3 Å². The van der Waals surface area contributed by atoms with Crippen molar-refractivity contribution in [2.45, 2.75) is 0 Å². The van der Waals surface area contributed by atoms with Crippen LogP contribution in [0.5, 0.6) is 11.5 Å². The molecule has 3 rings (SSSR count). The van der Waals surface area contributed by atoms with Gasteiger partial charge in [-0.1, -0.05) is 23.7 Å². The van der Waals surface area contributed by atoms with E-state index in [0.717, 1.165) is 0 Å². The van der Waals surface area contributed by atoms with Crippen LogP contribution in [0, 0.1) is 0 Å². The molecule has 7 heteroatoms. The van der Waals surface area contributed by atoms with Crippen molar-refractivity contribution < 1.29 is 18.7 Å². The molecule has 0 aliphatic heterocycles. The summed E-state index contributed by atoms with van der Waals surface area (Å²) in [6.07, 6.45) is 1.22. The number of carbonyl (C=O) groups excluding carboxylic acids is 1. The molecule has 0 fully saturated rings. The summed E-state index contributed by atoms with van der Waals surface area (Å²) in [6, 6.07) is 12.1. The van der Waals surface area contributed by atoms with Crippen LogP contribution in [0.1, 0.15) is 10.5 Å². The first kappa shape index (κ1) is 16.9. The van der Waals surface area contributed by atoms with Crippen LogP contribution < -0.4 is 14.8 Å². The standard InChI is InChI=1S/C18H15ClN2O4/c1-23-13-6-7-14(15(9-13)24-2)21-18(22)16-17(25-10-20-16)11-4-3-5-12(19)8-11/h3-10H,1-2H3,(H,21,22). The Bertz CT molecular complexity index is 908. The third-order valence-corrected chi connectivity index (χ3v) is 3.76. The van der Waals surface area contributed by atoms with Crippen LogP contribution in [0.15, 0.2) is 53.3 Å². The molecule has 0 atom stereocenters. The molecule has 0 aliphatic rings. The van der Waals surface area contributed by atoms with Crippen molar-refractivity contribution in [3.63, 3.8) is 0 Å². The predicted octanol–water partition coefficient (Wildman–Crippen LogP) is 4.26. The van der Waals surface area contributed by atoms with Gasteiger partial charge in [0.25, 0.3) is 5.91 Å². The fourth-order valence-electron chi connectivity index (χ4n) is 2.33. The first-order valence-corrected chi connectivity index (χ1v) is 7.73. The summed E-state index contributed by atoms with van der Waals surface area (Å²) in [5.74, 6) is 1.01. The summed E-state index contributed by atoms with van der Waals surface area (Å²) in [7, 11) is 3.07. The maximum Gasteiger partial charge on any atom is 0.278 e. The minimum absolute atomic E-state index is 0.153. The SMILES string of the molecule is COc1ccc(NC(=O)c2ncoc2-c2cccc(Cl)c2)c(OC)c1. The van der Waals surface area contributed by atoms with Gasteiger partial charge in [-0.15, -0.1) is 0 Å². The average molecular weight is 359 g/mol. The molecule has 1 heterocycles. The van der Waals surface area contributed by atoms with Gasteiger partial charge in [-0.3, -0.25) is 4.79 Å². The fraction of sp³-hybridized carbons (Fsp3) is 0.111. The molecule has 2 aromatic carbocycles. The molecule has 0 aliphatic carbocycles. The van der Waals surface area contributed by atoms with E-state index in [-0.39, 0.29) is 5.69 Å². The van der Waals surface area contributed by atoms with Gasteiger partial charge in [0.1, 0.15) is 11.5 Å². The summed E-state index contributed by atoms with van der Waals surface area (Å²) in [5, 5.41) is 3.30. The number of hydrogen-bond donors (Lipinski definition) is 1. The van der Waals surface area contributed by atoms with Gasteiger partial charge in [-0.2, -0.15) is 0 Å². The Morgan fingerprint density at radius 1 is 1.16 bits per heavy atom. The summed E-state index contributed by atoms with van der Waals surface area (Å²) in [4.78, 5) is 16.6. The van der Waals surface area contributed by atoms with Crippen LogP contribution in [-0.4, -0.2) is 25.1 Å². The highest BCUT2D eigenvalue weighted by molar-refractivity contribution is 6.30. The Balaban J connectivity index is 1.90. The van der Waals surface area contributed by atoms with E-state index in [1.165, 1.54) is 13.5 Å². The molecule has 0 bridgehead atoms. The molecule has 3 aromatic rings. The highest BCUT2D eigenvalue weighted by Gasteiger charge is 2.20. The minimum Gasteiger partial charge on any atom is -0.497 e. The van der Waals surface area contributed by atoms with Crippen LogP contribution >= 0.6 is 11.6 Å². The van der Waals surface area contributed by atoms with Crippen LogP contribution in [-0.2, 0) is 0 Å². The molecule has 0 saturated carbocycles. The largest absolute Gasteiger partial charge is 0.497 e. The number of rotatable bonds is 5. The van der Waals surface area contributed by atoms with E-state index in [1.807, 2.05) is 0 Å². The Labute approximate surface area is 149 Å². The zero-order valence-corrected chi connectivity index (χ0v) is 14.3. The zero-order chi connectivity index (χ0) is 17.8. The lowest BCUT2D eigenvalue weighted by molar-refractivity contribution is 0.102. The second kappa shape index (κ2) is 7.27. The van der Waals surface area contributed by atoms with Gasteiger partial charge in [0, 0.05) is 16.7 Å². The lowest BCUT2D eigenvalue weighted by Gasteiger charge is -2.11. The Morgan fingerprint density at radius 3 is 2.72 bits per heavy atom. The summed E-state index contributed by atoms with van der Waals surface area (Å²) in [6.45, 7) is 0. The number of benzene rings is 2. The second-order valence-corrected chi connectivity index (χ2v) is 5.50. The highest BCUT2D eigenvalue weighted by atomic mass is 35.5. The Hall–Kier alpha value is -2.99. The van der Waals surface area contributed by atoms with Crippen molar-refractivity contribution in [1.82, 2.24) is 4.98 Å². The van der Waals surface area contributed by atoms with Gasteiger partial charge in [0.15, 0.2) is 17.8 Å². The van der Waals surface area contributed by atoms with Crippen LogP contribution in [0.3, 0.4) is 0 Å². The average Bonchev–Trinajstić information content (AvgIpc) is 3.12. The van der Waals surface area contributed by atoms with Crippen molar-refractivity contribution in [2.75, 3.05) is 19.5 Å². The van der Waals surface area contributed by atoms with E-state index in [0.29, 0.717) is 33.5 Å². The number of oxazole rings is 1. The number of hydrogen-bond acceptors (Lipinski definition) is 5. The maximum atomic E-state index is 12.6. The molecule has 1 N–H and O–H groups in total. The van der Waals surface area contributed by atoms with E-state index >= 15 is 0 Å². The molecular formula is C18H15ClN2O4. The quantitative estimate of drug-likeness (QED) is 0.737. The van der Waals surface area contributed by atoms with Crippen LogP contribution in [0.4, 0.5) is 5.69 Å². The third-order valence-electron chi connectivity index (χ3n) is 3.53. The first-order chi connectivity index (χ1) is 12.1. The normalized spacial score (nSPS) is 10.4. The van der Waals surface area contributed by atoms with E-state index in [9.17, 15) is 4.79 Å². The van der Waals surface area contributed by atoms with Crippen LogP contribution in [0.2, 0.25) is 5.02 Å². The molecule has 0 saturated heterocycles. The van der Waals surface area contributed by atoms with Gasteiger partial charge in [0.2, 0.25) is 0 Å². The van der Waals surface area contributed by atoms with E-state index in [4.69, 9.17) is 25.5 Å². The summed E-state index contributed by atoms with van der Waals surface area (Å²) < 4.78 is 15.8. The van der Waals surface area contributed by atoms with Crippen molar-refractivity contribution in [3.05, 3.63) is 59.6 Å². The number of methoxy groups -OCH3 is 2. The number of aromatic nitrogens is 1. The predicted molar refractivity (Wildman–Crippen MR) is 94.4 cm³/mol. The maximum absolute atomic E-state index is 12.6. The number of amides is 1. The number of nitrogens with one attached hydrogen (secondary N) is 1. The highest BCUT2D eigenvalue weighted by Crippen LogP contribution is 2.31.